The highest BCUT2D eigenvalue weighted by Crippen LogP contribution is 2.07. The minimum absolute atomic E-state index is 0.206. The summed E-state index contributed by atoms with van der Waals surface area (Å²) < 4.78 is 1.78. The van der Waals surface area contributed by atoms with Crippen LogP contribution in [0.25, 0.3) is 0 Å². The summed E-state index contributed by atoms with van der Waals surface area (Å²) in [5.74, 6) is -0.206. The molecule has 0 bridgehead atoms. The van der Waals surface area contributed by atoms with Crippen molar-refractivity contribution in [2.24, 2.45) is 7.05 Å². The van der Waals surface area contributed by atoms with E-state index >= 15 is 0 Å². The van der Waals surface area contributed by atoms with Crippen LogP contribution in [0.2, 0.25) is 0 Å². The van der Waals surface area contributed by atoms with Gasteiger partial charge in [0.05, 0.1) is 5.56 Å². The van der Waals surface area contributed by atoms with Crippen molar-refractivity contribution in [3.63, 3.8) is 0 Å². The molecule has 0 unspecified atom stereocenters. The average Bonchev–Trinajstić information content (AvgIpc) is 2.75. The maximum Gasteiger partial charge on any atom is 0.254 e. The van der Waals surface area contributed by atoms with Crippen molar-refractivity contribution in [1.82, 2.24) is 20.1 Å². The van der Waals surface area contributed by atoms with Gasteiger partial charge in [0, 0.05) is 50.0 Å². The quantitative estimate of drug-likeness (QED) is 0.814. The number of aromatic nitrogens is 3. The molecule has 6 nitrogen and oxygen atoms in total. The zero-order valence-electron chi connectivity index (χ0n) is 10.1. The number of anilines is 1. The fourth-order valence-electron chi connectivity index (χ4n) is 1.64. The molecule has 0 radical (unpaired) electrons. The van der Waals surface area contributed by atoms with E-state index in [2.05, 4.69) is 15.4 Å². The highest BCUT2D eigenvalue weighted by Gasteiger charge is 2.09. The van der Waals surface area contributed by atoms with Gasteiger partial charge in [-0.1, -0.05) is 0 Å². The molecule has 0 spiro atoms. The molecule has 18 heavy (non-hydrogen) atoms. The van der Waals surface area contributed by atoms with Gasteiger partial charge >= 0.3 is 0 Å². The molecule has 2 rings (SSSR count). The molecule has 6 heteroatoms. The van der Waals surface area contributed by atoms with Crippen molar-refractivity contribution >= 4 is 11.6 Å². The van der Waals surface area contributed by atoms with E-state index in [1.54, 1.807) is 23.1 Å². The number of amides is 1. The fraction of sp³-hybridized carbons (Fsp3) is 0.250. The molecule has 0 aliphatic heterocycles. The molecule has 0 saturated carbocycles. The third-order valence-corrected chi connectivity index (χ3v) is 2.69. The molecular weight excluding hydrogens is 230 g/mol. The van der Waals surface area contributed by atoms with Crippen LogP contribution in [-0.2, 0) is 13.5 Å². The van der Waals surface area contributed by atoms with Gasteiger partial charge in [-0.2, -0.15) is 5.10 Å². The van der Waals surface area contributed by atoms with Gasteiger partial charge in [0.25, 0.3) is 5.91 Å². The number of aryl methyl sites for hydroxylation is 1. The van der Waals surface area contributed by atoms with E-state index in [1.165, 1.54) is 6.20 Å². The molecule has 0 aliphatic rings. The van der Waals surface area contributed by atoms with E-state index < -0.39 is 0 Å². The van der Waals surface area contributed by atoms with Crippen molar-refractivity contribution in [3.05, 3.63) is 42.0 Å². The predicted molar refractivity (Wildman–Crippen MR) is 67.9 cm³/mol. The molecule has 2 heterocycles. The Balaban J connectivity index is 1.90. The monoisotopic (exact) mass is 245 g/mol. The molecule has 1 amide bonds. The van der Waals surface area contributed by atoms with Crippen molar-refractivity contribution < 1.29 is 4.79 Å². The third-order valence-electron chi connectivity index (χ3n) is 2.69. The van der Waals surface area contributed by atoms with Crippen molar-refractivity contribution in [3.8, 4) is 0 Å². The molecular formula is C12H15N5O. The van der Waals surface area contributed by atoms with Crippen LogP contribution in [0.5, 0.6) is 0 Å². The third kappa shape index (κ3) is 2.65. The summed E-state index contributed by atoms with van der Waals surface area (Å²) >= 11 is 0. The number of carbonyl (C=O) groups is 1. The van der Waals surface area contributed by atoms with Crippen LogP contribution in [-0.4, -0.2) is 27.2 Å². The molecule has 0 atom stereocenters. The first-order valence-electron chi connectivity index (χ1n) is 5.63. The van der Waals surface area contributed by atoms with Gasteiger partial charge in [-0.3, -0.25) is 14.5 Å². The van der Waals surface area contributed by atoms with Gasteiger partial charge in [-0.15, -0.1) is 0 Å². The number of pyridine rings is 1. The number of hydrogen-bond donors (Lipinski definition) is 2. The summed E-state index contributed by atoms with van der Waals surface area (Å²) in [5, 5.41) is 6.87. The number of carbonyl (C=O) groups excluding carboxylic acids is 1. The summed E-state index contributed by atoms with van der Waals surface area (Å²) in [5.41, 5.74) is 7.60. The highest BCUT2D eigenvalue weighted by molar-refractivity contribution is 5.98. The van der Waals surface area contributed by atoms with E-state index in [0.717, 1.165) is 12.1 Å². The van der Waals surface area contributed by atoms with Crippen molar-refractivity contribution in [2.45, 2.75) is 6.42 Å². The summed E-state index contributed by atoms with van der Waals surface area (Å²) in [6.07, 6.45) is 5.48. The number of nitrogens with zero attached hydrogens (tertiary/aromatic N) is 3. The number of rotatable bonds is 4. The minimum atomic E-state index is -0.206. The van der Waals surface area contributed by atoms with E-state index in [4.69, 9.17) is 5.73 Å². The van der Waals surface area contributed by atoms with Crippen LogP contribution >= 0.6 is 0 Å². The molecule has 2 aromatic rings. The summed E-state index contributed by atoms with van der Waals surface area (Å²) in [6.45, 7) is 0.534. The van der Waals surface area contributed by atoms with E-state index in [-0.39, 0.29) is 5.91 Å². The Bertz CT molecular complexity index is 549. The lowest BCUT2D eigenvalue weighted by Gasteiger charge is -2.07. The zero-order valence-corrected chi connectivity index (χ0v) is 10.1. The van der Waals surface area contributed by atoms with Gasteiger partial charge in [-0.25, -0.2) is 0 Å². The molecule has 0 aromatic carbocycles. The Morgan fingerprint density at radius 3 is 2.94 bits per heavy atom. The first kappa shape index (κ1) is 12.1. The number of hydrogen-bond acceptors (Lipinski definition) is 4. The second kappa shape index (κ2) is 5.31. The van der Waals surface area contributed by atoms with Gasteiger partial charge in [0.2, 0.25) is 0 Å². The van der Waals surface area contributed by atoms with Crippen LogP contribution in [0, 0.1) is 0 Å². The Kier molecular flexibility index (Phi) is 3.57. The van der Waals surface area contributed by atoms with Gasteiger partial charge < -0.3 is 11.1 Å². The Hall–Kier alpha value is -2.37. The lowest BCUT2D eigenvalue weighted by Crippen LogP contribution is -2.27. The first-order chi connectivity index (χ1) is 8.68. The van der Waals surface area contributed by atoms with Crippen LogP contribution in [0.3, 0.4) is 0 Å². The Morgan fingerprint density at radius 2 is 2.28 bits per heavy atom. The molecule has 94 valence electrons. The predicted octanol–water partition coefficient (Wildman–Crippen LogP) is 0.370. The second-order valence-corrected chi connectivity index (χ2v) is 3.91. The van der Waals surface area contributed by atoms with Crippen LogP contribution in [0.15, 0.2) is 30.7 Å². The fourth-order valence-corrected chi connectivity index (χ4v) is 1.64. The first-order valence-corrected chi connectivity index (χ1v) is 5.63. The molecule has 3 N–H and O–H groups in total. The molecule has 0 fully saturated rings. The lowest BCUT2D eigenvalue weighted by molar-refractivity contribution is 0.0954. The summed E-state index contributed by atoms with van der Waals surface area (Å²) in [6, 6.07) is 3.53. The standard InChI is InChI=1S/C12H15N5O/c1-17-9(3-7-16-17)2-6-15-12(18)10-8-14-5-4-11(10)13/h3-5,7-8H,2,6H2,1H3,(H2,13,14)(H,15,18). The average molecular weight is 245 g/mol. The normalized spacial score (nSPS) is 10.3. The smallest absolute Gasteiger partial charge is 0.254 e. The van der Waals surface area contributed by atoms with Crippen LogP contribution in [0.4, 0.5) is 5.69 Å². The maximum atomic E-state index is 11.8. The van der Waals surface area contributed by atoms with Gasteiger partial charge in [0.15, 0.2) is 0 Å². The van der Waals surface area contributed by atoms with Gasteiger partial charge in [-0.05, 0) is 12.1 Å². The highest BCUT2D eigenvalue weighted by atomic mass is 16.1. The molecule has 0 aliphatic carbocycles. The van der Waals surface area contributed by atoms with Crippen molar-refractivity contribution in [2.75, 3.05) is 12.3 Å². The lowest BCUT2D eigenvalue weighted by atomic mass is 10.2. The Morgan fingerprint density at radius 1 is 1.44 bits per heavy atom. The van der Waals surface area contributed by atoms with E-state index in [0.29, 0.717) is 17.8 Å². The van der Waals surface area contributed by atoms with Gasteiger partial charge in [0.1, 0.15) is 0 Å². The topological polar surface area (TPSA) is 85.8 Å². The minimum Gasteiger partial charge on any atom is -0.398 e. The zero-order chi connectivity index (χ0) is 13.0. The van der Waals surface area contributed by atoms with Crippen LogP contribution in [0.1, 0.15) is 16.1 Å². The molecule has 0 saturated heterocycles. The Labute approximate surface area is 105 Å². The van der Waals surface area contributed by atoms with Crippen molar-refractivity contribution in [1.29, 1.82) is 0 Å². The number of nitrogens with one attached hydrogen (secondary N) is 1. The van der Waals surface area contributed by atoms with E-state index in [1.807, 2.05) is 13.1 Å². The number of nitrogens with two attached hydrogens (primary N) is 1. The SMILES string of the molecule is Cn1nccc1CCNC(=O)c1cnccc1N. The van der Waals surface area contributed by atoms with Crippen LogP contribution < -0.4 is 11.1 Å². The summed E-state index contributed by atoms with van der Waals surface area (Å²) in [4.78, 5) is 15.7. The van der Waals surface area contributed by atoms with E-state index in [9.17, 15) is 4.79 Å². The number of nitrogen functional groups attached to an aromatic ring is 1. The summed E-state index contributed by atoms with van der Waals surface area (Å²) in [7, 11) is 1.87. The maximum absolute atomic E-state index is 11.8. The largest absolute Gasteiger partial charge is 0.398 e. The second-order valence-electron chi connectivity index (χ2n) is 3.91. The molecule has 2 aromatic heterocycles.